The van der Waals surface area contributed by atoms with Crippen LogP contribution < -0.4 is 20.3 Å². The number of carbonyl (C=O) groups excluding carboxylic acids is 1. The second kappa shape index (κ2) is 9.78. The van der Waals surface area contributed by atoms with Gasteiger partial charge in [-0.15, -0.1) is 0 Å². The van der Waals surface area contributed by atoms with Gasteiger partial charge < -0.3 is 15.4 Å². The van der Waals surface area contributed by atoms with E-state index in [-0.39, 0.29) is 17.9 Å². The number of ether oxygens (including phenoxy) is 1. The lowest BCUT2D eigenvalue weighted by Gasteiger charge is -2.39. The monoisotopic (exact) mass is 553 g/mol. The van der Waals surface area contributed by atoms with E-state index in [0.717, 1.165) is 12.3 Å². The third-order valence-electron chi connectivity index (χ3n) is 5.51. The average molecular weight is 554 g/mol. The zero-order valence-electron chi connectivity index (χ0n) is 18.4. The SMILES string of the molecule is COc1ccc(N2CN(c3ccc(F)cc3CCCN)c3cc(C(F)(F)F)ncc3C2=O)c(Br)n1. The molecule has 3 heterocycles. The first kappa shape index (κ1) is 24.9. The molecule has 4 rings (SSSR count). The second-order valence-corrected chi connectivity index (χ2v) is 8.47. The number of methoxy groups -OCH3 is 1. The summed E-state index contributed by atoms with van der Waals surface area (Å²) in [5.74, 6) is -0.740. The molecule has 1 aromatic carbocycles. The van der Waals surface area contributed by atoms with Crippen LogP contribution in [-0.2, 0) is 12.6 Å². The van der Waals surface area contributed by atoms with Crippen molar-refractivity contribution in [3.05, 3.63) is 69.8 Å². The highest BCUT2D eigenvalue weighted by molar-refractivity contribution is 9.10. The summed E-state index contributed by atoms with van der Waals surface area (Å²) in [5.41, 5.74) is 5.84. The summed E-state index contributed by atoms with van der Waals surface area (Å²) < 4.78 is 59.9. The number of alkyl halides is 3. The fraction of sp³-hybridized carbons (Fsp3) is 0.261. The third kappa shape index (κ3) is 4.94. The van der Waals surface area contributed by atoms with Gasteiger partial charge in [-0.3, -0.25) is 14.7 Å². The van der Waals surface area contributed by atoms with E-state index in [4.69, 9.17) is 10.5 Å². The smallest absolute Gasteiger partial charge is 0.433 e. The number of fused-ring (bicyclic) bond motifs is 1. The number of carbonyl (C=O) groups is 1. The number of aryl methyl sites for hydroxylation is 1. The van der Waals surface area contributed by atoms with Crippen LogP contribution in [0.25, 0.3) is 0 Å². The van der Waals surface area contributed by atoms with E-state index >= 15 is 0 Å². The van der Waals surface area contributed by atoms with Crippen LogP contribution in [0.3, 0.4) is 0 Å². The van der Waals surface area contributed by atoms with Crippen LogP contribution in [0, 0.1) is 5.82 Å². The van der Waals surface area contributed by atoms with Gasteiger partial charge in [0.2, 0.25) is 5.88 Å². The normalized spacial score (nSPS) is 13.7. The first-order valence-electron chi connectivity index (χ1n) is 10.5. The molecule has 12 heteroatoms. The largest absolute Gasteiger partial charge is 0.481 e. The van der Waals surface area contributed by atoms with E-state index < -0.39 is 23.6 Å². The molecule has 1 amide bonds. The van der Waals surface area contributed by atoms with Gasteiger partial charge in [-0.05, 0) is 71.2 Å². The maximum Gasteiger partial charge on any atom is 0.433 e. The predicted molar refractivity (Wildman–Crippen MR) is 125 cm³/mol. The van der Waals surface area contributed by atoms with Crippen molar-refractivity contribution in [2.24, 2.45) is 5.73 Å². The summed E-state index contributed by atoms with van der Waals surface area (Å²) >= 11 is 3.33. The molecule has 0 spiro atoms. The van der Waals surface area contributed by atoms with Crippen molar-refractivity contribution < 1.29 is 27.1 Å². The van der Waals surface area contributed by atoms with E-state index in [1.54, 1.807) is 12.1 Å². The van der Waals surface area contributed by atoms with Crippen molar-refractivity contribution in [3.8, 4) is 5.88 Å². The summed E-state index contributed by atoms with van der Waals surface area (Å²) in [6.45, 7) is 0.199. The molecule has 1 aliphatic heterocycles. The molecule has 0 atom stereocenters. The maximum absolute atomic E-state index is 14.1. The van der Waals surface area contributed by atoms with E-state index in [2.05, 4.69) is 25.9 Å². The van der Waals surface area contributed by atoms with Gasteiger partial charge in [-0.2, -0.15) is 13.2 Å². The number of benzene rings is 1. The van der Waals surface area contributed by atoms with Crippen LogP contribution >= 0.6 is 15.9 Å². The number of halogens is 5. The molecule has 184 valence electrons. The van der Waals surface area contributed by atoms with Crippen LogP contribution in [-0.4, -0.2) is 36.2 Å². The molecule has 0 unspecified atom stereocenters. The molecule has 3 aromatic rings. The Morgan fingerprint density at radius 3 is 2.51 bits per heavy atom. The molecular weight excluding hydrogens is 534 g/mol. The highest BCUT2D eigenvalue weighted by atomic mass is 79.9. The molecule has 2 N–H and O–H groups in total. The zero-order chi connectivity index (χ0) is 25.3. The van der Waals surface area contributed by atoms with Gasteiger partial charge in [0.15, 0.2) is 0 Å². The number of nitrogens with zero attached hydrogens (tertiary/aromatic N) is 4. The minimum atomic E-state index is -4.71. The van der Waals surface area contributed by atoms with E-state index in [1.807, 2.05) is 0 Å². The predicted octanol–water partition coefficient (Wildman–Crippen LogP) is 5.05. The number of aromatic nitrogens is 2. The van der Waals surface area contributed by atoms with Gasteiger partial charge in [0.25, 0.3) is 5.91 Å². The Labute approximate surface area is 206 Å². The quantitative estimate of drug-likeness (QED) is 0.339. The molecule has 0 saturated carbocycles. The first-order valence-corrected chi connectivity index (χ1v) is 11.3. The van der Waals surface area contributed by atoms with Gasteiger partial charge in [-0.25, -0.2) is 9.37 Å². The molecule has 7 nitrogen and oxygen atoms in total. The second-order valence-electron chi connectivity index (χ2n) is 7.72. The van der Waals surface area contributed by atoms with Crippen molar-refractivity contribution in [2.75, 3.05) is 30.1 Å². The van der Waals surface area contributed by atoms with Crippen LogP contribution in [0.1, 0.15) is 28.0 Å². The average Bonchev–Trinajstić information content (AvgIpc) is 2.83. The number of hydrogen-bond donors (Lipinski definition) is 1. The molecule has 0 fully saturated rings. The first-order chi connectivity index (χ1) is 16.6. The third-order valence-corrected chi connectivity index (χ3v) is 6.09. The summed E-state index contributed by atoms with van der Waals surface area (Å²) in [7, 11) is 1.44. The molecule has 1 aliphatic rings. The van der Waals surface area contributed by atoms with Crippen molar-refractivity contribution >= 4 is 38.9 Å². The Kier molecular flexibility index (Phi) is 6.95. The van der Waals surface area contributed by atoms with Gasteiger partial charge in [0, 0.05) is 18.0 Å². The highest BCUT2D eigenvalue weighted by Crippen LogP contribution is 2.41. The Morgan fingerprint density at radius 2 is 1.86 bits per heavy atom. The number of hydrogen-bond acceptors (Lipinski definition) is 6. The number of rotatable bonds is 6. The van der Waals surface area contributed by atoms with E-state index in [9.17, 15) is 22.4 Å². The standard InChI is InChI=1S/C23H20BrF4N5O2/c1-35-20-7-6-17(21(24)31-20)33-12-32(16-5-4-14(25)9-13(16)3-2-8-29)18-10-19(23(26,27)28)30-11-15(18)22(33)34/h4-7,9-11H,2-3,8,12,29H2,1H3. The molecule has 35 heavy (non-hydrogen) atoms. The fourth-order valence-electron chi connectivity index (χ4n) is 3.84. The minimum Gasteiger partial charge on any atom is -0.481 e. The van der Waals surface area contributed by atoms with Gasteiger partial charge in [0.1, 0.15) is 22.8 Å². The lowest BCUT2D eigenvalue weighted by molar-refractivity contribution is -0.141. The Bertz CT molecular complexity index is 1270. The number of anilines is 3. The topological polar surface area (TPSA) is 84.6 Å². The molecule has 0 radical (unpaired) electrons. The van der Waals surface area contributed by atoms with Crippen molar-refractivity contribution in [1.29, 1.82) is 0 Å². The van der Waals surface area contributed by atoms with Gasteiger partial charge >= 0.3 is 6.18 Å². The molecule has 2 aromatic heterocycles. The summed E-state index contributed by atoms with van der Waals surface area (Å²) in [6.07, 6.45) is -2.87. The van der Waals surface area contributed by atoms with Gasteiger partial charge in [0.05, 0.1) is 24.0 Å². The maximum atomic E-state index is 14.1. The molecule has 0 saturated heterocycles. The van der Waals surface area contributed by atoms with Crippen LogP contribution in [0.4, 0.5) is 34.6 Å². The van der Waals surface area contributed by atoms with Crippen molar-refractivity contribution in [2.45, 2.75) is 19.0 Å². The Morgan fingerprint density at radius 1 is 1.11 bits per heavy atom. The summed E-state index contributed by atoms with van der Waals surface area (Å²) in [5, 5.41) is 0. The van der Waals surface area contributed by atoms with E-state index in [0.29, 0.717) is 46.8 Å². The van der Waals surface area contributed by atoms with Crippen molar-refractivity contribution in [1.82, 2.24) is 9.97 Å². The lowest BCUT2D eigenvalue weighted by atomic mass is 10.0. The number of pyridine rings is 2. The fourth-order valence-corrected chi connectivity index (χ4v) is 4.36. The minimum absolute atomic E-state index is 0.0202. The highest BCUT2D eigenvalue weighted by Gasteiger charge is 2.38. The van der Waals surface area contributed by atoms with Crippen LogP contribution in [0.15, 0.2) is 47.2 Å². The van der Waals surface area contributed by atoms with Crippen molar-refractivity contribution in [3.63, 3.8) is 0 Å². The van der Waals surface area contributed by atoms with Crippen LogP contribution in [0.2, 0.25) is 0 Å². The Hall–Kier alpha value is -3.25. The lowest BCUT2D eigenvalue weighted by Crippen LogP contribution is -2.45. The Balaban J connectivity index is 1.90. The summed E-state index contributed by atoms with van der Waals surface area (Å²) in [4.78, 5) is 24.0. The number of amides is 1. The summed E-state index contributed by atoms with van der Waals surface area (Å²) in [6, 6.07) is 8.02. The number of nitrogens with two attached hydrogens (primary N) is 1. The zero-order valence-corrected chi connectivity index (χ0v) is 20.0. The van der Waals surface area contributed by atoms with Gasteiger partial charge in [-0.1, -0.05) is 0 Å². The molecule has 0 aliphatic carbocycles. The van der Waals surface area contributed by atoms with E-state index in [1.165, 1.54) is 35.1 Å². The molecule has 0 bridgehead atoms. The molecular formula is C23H20BrF4N5O2. The van der Waals surface area contributed by atoms with Crippen LogP contribution in [0.5, 0.6) is 5.88 Å².